The van der Waals surface area contributed by atoms with Crippen LogP contribution in [-0.2, 0) is 18.3 Å². The van der Waals surface area contributed by atoms with Gasteiger partial charge in [0.25, 0.3) is 0 Å². The van der Waals surface area contributed by atoms with Crippen LogP contribution in [0.4, 0.5) is 0 Å². The van der Waals surface area contributed by atoms with E-state index in [0.717, 1.165) is 59.7 Å². The molecule has 7 rings (SSSR count). The molecule has 0 aliphatic carbocycles. The predicted molar refractivity (Wildman–Crippen MR) is 199 cm³/mol. The predicted octanol–water partition coefficient (Wildman–Crippen LogP) is 11.3. The lowest BCUT2D eigenvalue weighted by Crippen LogP contribution is -2.16. The minimum absolute atomic E-state index is 0.0690. The zero-order valence-electron chi connectivity index (χ0n) is 28.9. The van der Waals surface area contributed by atoms with Crippen molar-refractivity contribution in [3.8, 4) is 34.1 Å². The Labute approximate surface area is 283 Å². The lowest BCUT2D eigenvalue weighted by atomic mass is 9.78. The lowest BCUT2D eigenvalue weighted by Gasteiger charge is -2.26. The Bertz CT molecular complexity index is 2250. The maximum absolute atomic E-state index is 6.53. The molecule has 0 aliphatic heterocycles. The standard InChI is InChI=1S/C43H44N4O/c1-7-12-30-18-21-38(43(4,5)6)37(13-8-2)42(30)31-27-45-46(28-31)32-14-11-15-33(25-32)48-34-19-20-36-35-16-9-10-17-39(35)47(40(36)26-34)41-24-29(3)22-23-44-41/h9-11,14-28H,7-8,12-13H2,1-6H3. The molecule has 0 aliphatic rings. The van der Waals surface area contributed by atoms with Gasteiger partial charge < -0.3 is 4.74 Å². The number of pyridine rings is 1. The number of aromatic nitrogens is 4. The van der Waals surface area contributed by atoms with E-state index in [2.05, 4.69) is 119 Å². The van der Waals surface area contributed by atoms with Crippen molar-refractivity contribution in [2.45, 2.75) is 72.6 Å². The fourth-order valence-electron chi connectivity index (χ4n) is 7.07. The minimum Gasteiger partial charge on any atom is -0.457 e. The molecule has 0 radical (unpaired) electrons. The Kier molecular flexibility index (Phi) is 8.38. The molecular weight excluding hydrogens is 589 g/mol. The fraction of sp³-hybridized carbons (Fsp3) is 0.256. The molecule has 3 heterocycles. The largest absolute Gasteiger partial charge is 0.457 e. The van der Waals surface area contributed by atoms with Crippen LogP contribution in [0, 0.1) is 6.92 Å². The van der Waals surface area contributed by atoms with E-state index in [-0.39, 0.29) is 5.41 Å². The minimum atomic E-state index is 0.0690. The summed E-state index contributed by atoms with van der Waals surface area (Å²) >= 11 is 0. The Morgan fingerprint density at radius 1 is 0.750 bits per heavy atom. The summed E-state index contributed by atoms with van der Waals surface area (Å²) in [5, 5.41) is 7.23. The van der Waals surface area contributed by atoms with Crippen molar-refractivity contribution in [2.75, 3.05) is 0 Å². The summed E-state index contributed by atoms with van der Waals surface area (Å²) in [5.74, 6) is 2.42. The summed E-state index contributed by atoms with van der Waals surface area (Å²) in [6.07, 6.45) is 10.4. The highest BCUT2D eigenvalue weighted by atomic mass is 16.5. The Morgan fingerprint density at radius 2 is 1.54 bits per heavy atom. The van der Waals surface area contributed by atoms with Gasteiger partial charge in [-0.1, -0.05) is 83.9 Å². The molecule has 0 saturated carbocycles. The Morgan fingerprint density at radius 3 is 2.33 bits per heavy atom. The number of hydrogen-bond acceptors (Lipinski definition) is 3. The first kappa shape index (κ1) is 31.4. The van der Waals surface area contributed by atoms with E-state index >= 15 is 0 Å². The molecule has 5 nitrogen and oxygen atoms in total. The molecule has 0 amide bonds. The molecule has 48 heavy (non-hydrogen) atoms. The molecule has 5 heteroatoms. The highest BCUT2D eigenvalue weighted by molar-refractivity contribution is 6.09. The number of benzene rings is 4. The van der Waals surface area contributed by atoms with Crippen molar-refractivity contribution >= 4 is 21.8 Å². The maximum Gasteiger partial charge on any atom is 0.137 e. The van der Waals surface area contributed by atoms with Gasteiger partial charge in [-0.15, -0.1) is 0 Å². The van der Waals surface area contributed by atoms with Gasteiger partial charge in [0.2, 0.25) is 0 Å². The summed E-state index contributed by atoms with van der Waals surface area (Å²) in [7, 11) is 0. The van der Waals surface area contributed by atoms with Gasteiger partial charge in [0.15, 0.2) is 0 Å². The first-order valence-electron chi connectivity index (χ1n) is 17.2. The number of ether oxygens (including phenoxy) is 1. The van der Waals surface area contributed by atoms with Crippen molar-refractivity contribution in [3.05, 3.63) is 132 Å². The maximum atomic E-state index is 6.53. The van der Waals surface area contributed by atoms with Crippen LogP contribution >= 0.6 is 0 Å². The lowest BCUT2D eigenvalue weighted by molar-refractivity contribution is 0.483. The van der Waals surface area contributed by atoms with E-state index in [1.54, 1.807) is 0 Å². The second kappa shape index (κ2) is 12.8. The molecule has 3 aromatic heterocycles. The monoisotopic (exact) mass is 632 g/mol. The van der Waals surface area contributed by atoms with Crippen molar-refractivity contribution in [3.63, 3.8) is 0 Å². The van der Waals surface area contributed by atoms with E-state index in [1.165, 1.54) is 44.2 Å². The zero-order valence-corrected chi connectivity index (χ0v) is 28.9. The second-order valence-electron chi connectivity index (χ2n) is 13.9. The number of aryl methyl sites for hydroxylation is 2. The first-order valence-corrected chi connectivity index (χ1v) is 17.2. The molecule has 0 saturated heterocycles. The SMILES string of the molecule is CCCc1ccc(C(C)(C)C)c(CCC)c1-c1cnn(-c2cccc(Oc3ccc4c5ccccc5n(-c5cc(C)ccn5)c4c3)c2)c1. The van der Waals surface area contributed by atoms with Crippen molar-refractivity contribution in [1.29, 1.82) is 0 Å². The van der Waals surface area contributed by atoms with E-state index in [1.807, 2.05) is 41.3 Å². The van der Waals surface area contributed by atoms with Gasteiger partial charge in [0.05, 0.1) is 22.9 Å². The van der Waals surface area contributed by atoms with E-state index < -0.39 is 0 Å². The zero-order chi connectivity index (χ0) is 33.4. The molecule has 0 bridgehead atoms. The third-order valence-corrected chi connectivity index (χ3v) is 9.19. The molecule has 4 aromatic carbocycles. The van der Waals surface area contributed by atoms with E-state index in [4.69, 9.17) is 14.8 Å². The van der Waals surface area contributed by atoms with Gasteiger partial charge in [-0.25, -0.2) is 9.67 Å². The number of fused-ring (bicyclic) bond motifs is 3. The normalized spacial score (nSPS) is 11.9. The van der Waals surface area contributed by atoms with Gasteiger partial charge >= 0.3 is 0 Å². The van der Waals surface area contributed by atoms with Crippen LogP contribution in [0.25, 0.3) is 44.4 Å². The van der Waals surface area contributed by atoms with Crippen molar-refractivity contribution < 1.29 is 4.74 Å². The molecule has 0 fully saturated rings. The van der Waals surface area contributed by atoms with Crippen LogP contribution in [0.5, 0.6) is 11.5 Å². The quantitative estimate of drug-likeness (QED) is 0.159. The highest BCUT2D eigenvalue weighted by Gasteiger charge is 2.23. The summed E-state index contributed by atoms with van der Waals surface area (Å²) in [6.45, 7) is 13.6. The van der Waals surface area contributed by atoms with E-state index in [9.17, 15) is 0 Å². The Balaban J connectivity index is 1.25. The number of rotatable bonds is 9. The van der Waals surface area contributed by atoms with Crippen LogP contribution in [0.3, 0.4) is 0 Å². The van der Waals surface area contributed by atoms with Crippen LogP contribution < -0.4 is 4.74 Å². The van der Waals surface area contributed by atoms with Crippen LogP contribution in [0.2, 0.25) is 0 Å². The van der Waals surface area contributed by atoms with Crippen LogP contribution in [-0.4, -0.2) is 19.3 Å². The Hall–Kier alpha value is -5.16. The van der Waals surface area contributed by atoms with Gasteiger partial charge in [0.1, 0.15) is 17.3 Å². The van der Waals surface area contributed by atoms with Gasteiger partial charge in [-0.05, 0) is 95.5 Å². The van der Waals surface area contributed by atoms with Crippen LogP contribution in [0.1, 0.15) is 69.7 Å². The third kappa shape index (κ3) is 5.90. The van der Waals surface area contributed by atoms with Crippen molar-refractivity contribution in [2.24, 2.45) is 0 Å². The van der Waals surface area contributed by atoms with Crippen LogP contribution in [0.15, 0.2) is 110 Å². The molecule has 7 aromatic rings. The first-order chi connectivity index (χ1) is 23.2. The molecule has 0 unspecified atom stereocenters. The molecule has 0 atom stereocenters. The molecule has 0 N–H and O–H groups in total. The van der Waals surface area contributed by atoms with Gasteiger partial charge in [0, 0.05) is 40.9 Å². The average Bonchev–Trinajstić information content (AvgIpc) is 3.68. The van der Waals surface area contributed by atoms with Gasteiger partial charge in [-0.3, -0.25) is 4.57 Å². The van der Waals surface area contributed by atoms with E-state index in [0.29, 0.717) is 0 Å². The van der Waals surface area contributed by atoms with Gasteiger partial charge in [-0.2, -0.15) is 5.10 Å². The molecule has 242 valence electrons. The smallest absolute Gasteiger partial charge is 0.137 e. The highest BCUT2D eigenvalue weighted by Crippen LogP contribution is 2.38. The summed E-state index contributed by atoms with van der Waals surface area (Å²) < 4.78 is 10.7. The summed E-state index contributed by atoms with van der Waals surface area (Å²) in [6, 6.07) is 31.8. The third-order valence-electron chi connectivity index (χ3n) is 9.19. The number of hydrogen-bond donors (Lipinski definition) is 0. The topological polar surface area (TPSA) is 44.9 Å². The average molecular weight is 633 g/mol. The number of para-hydroxylation sites is 1. The second-order valence-corrected chi connectivity index (χ2v) is 13.9. The molecular formula is C43H44N4O. The number of nitrogens with zero attached hydrogens (tertiary/aromatic N) is 4. The summed E-state index contributed by atoms with van der Waals surface area (Å²) in [4.78, 5) is 4.73. The summed E-state index contributed by atoms with van der Waals surface area (Å²) in [5.41, 5.74) is 11.2. The molecule has 0 spiro atoms. The fourth-order valence-corrected chi connectivity index (χ4v) is 7.07. The van der Waals surface area contributed by atoms with Crippen molar-refractivity contribution in [1.82, 2.24) is 19.3 Å².